The molecule has 2 fully saturated rings. The summed E-state index contributed by atoms with van der Waals surface area (Å²) in [6.07, 6.45) is 4.04. The van der Waals surface area contributed by atoms with Crippen molar-refractivity contribution in [1.29, 1.82) is 0 Å². The Hall–Kier alpha value is -1.84. The van der Waals surface area contributed by atoms with Crippen LogP contribution < -0.4 is 5.32 Å². The Morgan fingerprint density at radius 1 is 1.27 bits per heavy atom. The number of carbonyl (C=O) groups is 2. The highest BCUT2D eigenvalue weighted by Gasteiger charge is 2.51. The third kappa shape index (κ3) is 2.40. The Morgan fingerprint density at radius 3 is 2.77 bits per heavy atom. The molecule has 22 heavy (non-hydrogen) atoms. The lowest BCUT2D eigenvalue weighted by molar-refractivity contribution is -0.127. The molecule has 1 saturated carbocycles. The molecule has 1 aliphatic carbocycles. The molecule has 2 aliphatic rings. The third-order valence-electron chi connectivity index (χ3n) is 5.52. The third-order valence-corrected chi connectivity index (χ3v) is 5.52. The first-order valence-corrected chi connectivity index (χ1v) is 8.14. The van der Waals surface area contributed by atoms with Gasteiger partial charge in [-0.1, -0.05) is 24.6 Å². The van der Waals surface area contributed by atoms with E-state index < -0.39 is 0 Å². The molecule has 118 valence electrons. The lowest BCUT2D eigenvalue weighted by atomic mass is 9.76. The molecule has 1 N–H and O–H groups in total. The van der Waals surface area contributed by atoms with E-state index >= 15 is 0 Å². The molecule has 4 nitrogen and oxygen atoms in total. The number of amides is 2. The van der Waals surface area contributed by atoms with Crippen molar-refractivity contribution in [2.45, 2.75) is 32.6 Å². The Balaban J connectivity index is 1.79. The molecule has 1 aliphatic heterocycles. The minimum atomic E-state index is -0.00155. The summed E-state index contributed by atoms with van der Waals surface area (Å²) >= 11 is 0. The first-order valence-electron chi connectivity index (χ1n) is 8.14. The number of benzene rings is 1. The van der Waals surface area contributed by atoms with Crippen LogP contribution in [0, 0.1) is 18.3 Å². The molecule has 2 unspecified atom stereocenters. The van der Waals surface area contributed by atoms with Crippen molar-refractivity contribution in [3.8, 4) is 0 Å². The van der Waals surface area contributed by atoms with Crippen LogP contribution in [0.3, 0.4) is 0 Å². The zero-order valence-electron chi connectivity index (χ0n) is 13.4. The number of carbonyl (C=O) groups excluding carboxylic acids is 2. The van der Waals surface area contributed by atoms with E-state index in [1.54, 1.807) is 7.05 Å². The van der Waals surface area contributed by atoms with Gasteiger partial charge in [-0.05, 0) is 37.8 Å². The molecule has 0 aromatic heterocycles. The lowest BCUT2D eigenvalue weighted by Gasteiger charge is -2.30. The molecule has 1 aromatic rings. The molecule has 2 atom stereocenters. The number of aryl methyl sites for hydroxylation is 1. The highest BCUT2D eigenvalue weighted by Crippen LogP contribution is 2.50. The van der Waals surface area contributed by atoms with E-state index in [4.69, 9.17) is 0 Å². The highest BCUT2D eigenvalue weighted by molar-refractivity contribution is 5.96. The fourth-order valence-corrected chi connectivity index (χ4v) is 4.26. The molecule has 0 bridgehead atoms. The van der Waals surface area contributed by atoms with Gasteiger partial charge in [0.1, 0.15) is 0 Å². The van der Waals surface area contributed by atoms with Gasteiger partial charge in [-0.25, -0.2) is 0 Å². The maximum absolute atomic E-state index is 12.8. The van der Waals surface area contributed by atoms with Crippen LogP contribution in [-0.4, -0.2) is 36.9 Å². The van der Waals surface area contributed by atoms with Crippen LogP contribution in [0.5, 0.6) is 0 Å². The second-order valence-electron chi connectivity index (χ2n) is 6.71. The molecular weight excluding hydrogens is 276 g/mol. The molecule has 3 rings (SSSR count). The molecular formula is C18H24N2O2. The van der Waals surface area contributed by atoms with Gasteiger partial charge < -0.3 is 10.2 Å². The number of hydrogen-bond donors (Lipinski definition) is 1. The largest absolute Gasteiger partial charge is 0.359 e. The topological polar surface area (TPSA) is 49.4 Å². The van der Waals surface area contributed by atoms with Crippen molar-refractivity contribution in [1.82, 2.24) is 10.2 Å². The van der Waals surface area contributed by atoms with E-state index in [9.17, 15) is 9.59 Å². The van der Waals surface area contributed by atoms with Crippen LogP contribution in [0.15, 0.2) is 24.3 Å². The quantitative estimate of drug-likeness (QED) is 0.911. The van der Waals surface area contributed by atoms with Crippen molar-refractivity contribution in [3.63, 3.8) is 0 Å². The van der Waals surface area contributed by atoms with Gasteiger partial charge in [-0.15, -0.1) is 0 Å². The minimum Gasteiger partial charge on any atom is -0.359 e. The monoisotopic (exact) mass is 300 g/mol. The van der Waals surface area contributed by atoms with Crippen molar-refractivity contribution in [2.75, 3.05) is 20.1 Å². The number of hydrogen-bond acceptors (Lipinski definition) is 2. The molecule has 1 heterocycles. The smallest absolute Gasteiger partial charge is 0.254 e. The first kappa shape index (κ1) is 15.1. The van der Waals surface area contributed by atoms with Crippen LogP contribution in [-0.2, 0) is 4.79 Å². The summed E-state index contributed by atoms with van der Waals surface area (Å²) in [5.41, 5.74) is 1.80. The van der Waals surface area contributed by atoms with Gasteiger partial charge in [-0.3, -0.25) is 9.59 Å². The fraction of sp³-hybridized carbons (Fsp3) is 0.556. The van der Waals surface area contributed by atoms with Crippen LogP contribution in [0.4, 0.5) is 0 Å². The number of nitrogens with zero attached hydrogens (tertiary/aromatic N) is 1. The lowest BCUT2D eigenvalue weighted by Crippen LogP contribution is -2.40. The van der Waals surface area contributed by atoms with E-state index in [2.05, 4.69) is 5.32 Å². The van der Waals surface area contributed by atoms with E-state index in [1.807, 2.05) is 36.1 Å². The summed E-state index contributed by atoms with van der Waals surface area (Å²) in [5.74, 6) is 0.312. The highest BCUT2D eigenvalue weighted by atomic mass is 16.2. The summed E-state index contributed by atoms with van der Waals surface area (Å²) < 4.78 is 0. The van der Waals surface area contributed by atoms with Crippen molar-refractivity contribution >= 4 is 11.8 Å². The van der Waals surface area contributed by atoms with Crippen molar-refractivity contribution in [3.05, 3.63) is 35.4 Å². The van der Waals surface area contributed by atoms with E-state index in [1.165, 1.54) is 0 Å². The zero-order chi connectivity index (χ0) is 15.7. The first-order chi connectivity index (χ1) is 10.6. The number of nitrogens with one attached hydrogen (secondary N) is 1. The number of likely N-dealkylation sites (tertiary alicyclic amines) is 1. The summed E-state index contributed by atoms with van der Waals surface area (Å²) in [6.45, 7) is 3.46. The van der Waals surface area contributed by atoms with Crippen molar-refractivity contribution < 1.29 is 9.59 Å². The van der Waals surface area contributed by atoms with Gasteiger partial charge in [0.25, 0.3) is 5.91 Å². The standard InChI is InChI=1S/C18H24N2O2/c1-13-6-3-4-7-14(13)17(22)20-11-10-18(12-20)9-5-8-15(18)16(21)19-2/h3-4,6-7,15H,5,8-12H2,1-2H3,(H,19,21). The van der Waals surface area contributed by atoms with Gasteiger partial charge >= 0.3 is 0 Å². The zero-order valence-corrected chi connectivity index (χ0v) is 13.4. The maximum Gasteiger partial charge on any atom is 0.254 e. The van der Waals surface area contributed by atoms with Crippen molar-refractivity contribution in [2.24, 2.45) is 11.3 Å². The Labute approximate surface area is 131 Å². The van der Waals surface area contributed by atoms with Crippen LogP contribution in [0.25, 0.3) is 0 Å². The van der Waals surface area contributed by atoms with Gasteiger partial charge in [0, 0.05) is 37.0 Å². The van der Waals surface area contributed by atoms with Gasteiger partial charge in [-0.2, -0.15) is 0 Å². The van der Waals surface area contributed by atoms with Crippen LogP contribution >= 0.6 is 0 Å². The second kappa shape index (κ2) is 5.75. The molecule has 4 heteroatoms. The SMILES string of the molecule is CNC(=O)C1CCCC12CCN(C(=O)c1ccccc1C)C2. The summed E-state index contributed by atoms with van der Waals surface area (Å²) in [7, 11) is 1.71. The Kier molecular flexibility index (Phi) is 3.94. The molecule has 1 aromatic carbocycles. The predicted molar refractivity (Wildman–Crippen MR) is 85.5 cm³/mol. The normalized spacial score (nSPS) is 27.4. The van der Waals surface area contributed by atoms with E-state index in [-0.39, 0.29) is 23.1 Å². The summed E-state index contributed by atoms with van der Waals surface area (Å²) in [6, 6.07) is 7.74. The van der Waals surface area contributed by atoms with E-state index in [0.717, 1.165) is 49.9 Å². The molecule has 2 amide bonds. The van der Waals surface area contributed by atoms with Crippen LogP contribution in [0.2, 0.25) is 0 Å². The predicted octanol–water partition coefficient (Wildman–Crippen LogP) is 2.37. The number of rotatable bonds is 2. The molecule has 0 radical (unpaired) electrons. The van der Waals surface area contributed by atoms with E-state index in [0.29, 0.717) is 0 Å². The van der Waals surface area contributed by atoms with Crippen LogP contribution in [0.1, 0.15) is 41.6 Å². The Bertz CT molecular complexity index is 599. The molecule has 1 spiro atoms. The summed E-state index contributed by atoms with van der Waals surface area (Å²) in [5, 5.41) is 2.80. The van der Waals surface area contributed by atoms with Gasteiger partial charge in [0.15, 0.2) is 0 Å². The second-order valence-corrected chi connectivity index (χ2v) is 6.71. The van der Waals surface area contributed by atoms with Gasteiger partial charge in [0.05, 0.1) is 0 Å². The van der Waals surface area contributed by atoms with Gasteiger partial charge in [0.2, 0.25) is 5.91 Å². The average Bonchev–Trinajstić information content (AvgIpc) is 3.14. The molecule has 1 saturated heterocycles. The average molecular weight is 300 g/mol. The maximum atomic E-state index is 12.8. The Morgan fingerprint density at radius 2 is 2.05 bits per heavy atom. The summed E-state index contributed by atoms with van der Waals surface area (Å²) in [4.78, 5) is 26.9. The minimum absolute atomic E-state index is 0.00155. The fourth-order valence-electron chi connectivity index (χ4n) is 4.26.